The monoisotopic (exact) mass is 733 g/mol. The highest BCUT2D eigenvalue weighted by atomic mass is 19.4. The summed E-state index contributed by atoms with van der Waals surface area (Å²) in [6.07, 6.45) is -4.24. The highest BCUT2D eigenvalue weighted by Gasteiger charge is 2.30. The van der Waals surface area contributed by atoms with Crippen LogP contribution in [0, 0.1) is 0 Å². The third-order valence-electron chi connectivity index (χ3n) is 6.44. The molecule has 13 nitrogen and oxygen atoms in total. The van der Waals surface area contributed by atoms with Crippen molar-refractivity contribution in [1.82, 2.24) is 0 Å². The number of esters is 2. The number of alkyl halides is 3. The molecule has 0 radical (unpaired) electrons. The first-order valence-electron chi connectivity index (χ1n) is 16.8. The number of hydrogen-bond acceptors (Lipinski definition) is 13. The molecule has 0 aliphatic heterocycles. The summed E-state index contributed by atoms with van der Waals surface area (Å²) in [5, 5.41) is 2.85. The van der Waals surface area contributed by atoms with Gasteiger partial charge in [-0.25, -0.2) is 4.79 Å². The van der Waals surface area contributed by atoms with Crippen LogP contribution in [0.25, 0.3) is 0 Å². The van der Waals surface area contributed by atoms with Gasteiger partial charge in [0.25, 0.3) is 0 Å². The Bertz CT molecular complexity index is 1200. The Morgan fingerprint density at radius 2 is 1.02 bits per heavy atom. The summed E-state index contributed by atoms with van der Waals surface area (Å²) < 4.78 is 92.5. The number of hydrogen-bond donors (Lipinski definition) is 1. The first kappa shape index (κ1) is 43.8. The smallest absolute Gasteiger partial charge is 0.416 e. The van der Waals surface area contributed by atoms with Crippen LogP contribution in [0.15, 0.2) is 48.5 Å². The van der Waals surface area contributed by atoms with Gasteiger partial charge in [-0.1, -0.05) is 18.2 Å². The van der Waals surface area contributed by atoms with Gasteiger partial charge in [-0.05, 0) is 37.3 Å². The van der Waals surface area contributed by atoms with Gasteiger partial charge >= 0.3 is 18.1 Å². The number of halogens is 3. The van der Waals surface area contributed by atoms with Gasteiger partial charge < -0.3 is 52.7 Å². The molecule has 0 fully saturated rings. The quantitative estimate of drug-likeness (QED) is 0.0848. The molecule has 2 aromatic carbocycles. The summed E-state index contributed by atoms with van der Waals surface area (Å²) in [5.74, 6) is -0.902. The second-order valence-corrected chi connectivity index (χ2v) is 10.3. The van der Waals surface area contributed by atoms with Gasteiger partial charge in [-0.2, -0.15) is 13.2 Å². The van der Waals surface area contributed by atoms with Gasteiger partial charge in [0.1, 0.15) is 6.61 Å². The van der Waals surface area contributed by atoms with Gasteiger partial charge in [0, 0.05) is 5.69 Å². The fourth-order valence-corrected chi connectivity index (χ4v) is 4.00. The number of carbonyl (C=O) groups is 2. The normalized spacial score (nSPS) is 11.5. The van der Waals surface area contributed by atoms with E-state index in [1.165, 1.54) is 18.2 Å². The molecule has 0 saturated heterocycles. The van der Waals surface area contributed by atoms with Gasteiger partial charge in [0.2, 0.25) is 0 Å². The molecule has 0 bridgehead atoms. The molecule has 0 aliphatic carbocycles. The molecule has 0 aromatic heterocycles. The maximum atomic E-state index is 13.0. The van der Waals surface area contributed by atoms with E-state index in [0.717, 1.165) is 12.1 Å². The summed E-state index contributed by atoms with van der Waals surface area (Å²) in [5.41, 5.74) is -0.103. The van der Waals surface area contributed by atoms with E-state index in [1.54, 1.807) is 25.1 Å². The molecule has 0 atom stereocenters. The van der Waals surface area contributed by atoms with E-state index in [4.69, 9.17) is 47.4 Å². The molecule has 0 saturated carbocycles. The molecule has 0 unspecified atom stereocenters. The number of ether oxygens (including phenoxy) is 10. The van der Waals surface area contributed by atoms with Crippen LogP contribution >= 0.6 is 0 Å². The molecule has 2 rings (SSSR count). The fourth-order valence-electron chi connectivity index (χ4n) is 4.00. The summed E-state index contributed by atoms with van der Waals surface area (Å²) in [6, 6.07) is 11.1. The average Bonchev–Trinajstić information content (AvgIpc) is 3.11. The predicted octanol–water partition coefficient (Wildman–Crippen LogP) is 4.69. The van der Waals surface area contributed by atoms with Crippen molar-refractivity contribution >= 4 is 23.3 Å². The molecular formula is C35H50F3NO12. The standard InChI is InChI=1S/C35H50F3NO12/c1-2-50-33(40)10-11-42-12-13-43-14-15-44-16-17-45-18-19-46-20-21-47-22-23-48-24-25-49-26-27-51-34(41)31-8-3-4-9-32(31)39-30-7-5-6-29(28-30)35(36,37)38/h3-9,28,39H,2,10-27H2,1H3. The Balaban J connectivity index is 1.33. The van der Waals surface area contributed by atoms with E-state index in [9.17, 15) is 22.8 Å². The molecule has 51 heavy (non-hydrogen) atoms. The fraction of sp³-hybridized carbons (Fsp3) is 0.600. The van der Waals surface area contributed by atoms with Crippen molar-refractivity contribution in [2.75, 3.05) is 124 Å². The van der Waals surface area contributed by atoms with E-state index in [-0.39, 0.29) is 36.9 Å². The van der Waals surface area contributed by atoms with Crippen molar-refractivity contribution in [3.05, 3.63) is 59.7 Å². The highest BCUT2D eigenvalue weighted by molar-refractivity contribution is 5.96. The van der Waals surface area contributed by atoms with Crippen molar-refractivity contribution < 1.29 is 70.1 Å². The molecule has 0 aliphatic rings. The topological polar surface area (TPSA) is 138 Å². The number of benzene rings is 2. The Labute approximate surface area is 296 Å². The SMILES string of the molecule is CCOC(=O)CCOCCOCCOCCOCCOCCOCCOCCOCCOC(=O)c1ccccc1Nc1cccc(C(F)(F)F)c1. The van der Waals surface area contributed by atoms with Crippen LogP contribution in [0.1, 0.15) is 29.3 Å². The Morgan fingerprint density at radius 3 is 1.49 bits per heavy atom. The van der Waals surface area contributed by atoms with Gasteiger partial charge in [-0.3, -0.25) is 4.79 Å². The van der Waals surface area contributed by atoms with Crippen molar-refractivity contribution in [3.8, 4) is 0 Å². The van der Waals surface area contributed by atoms with E-state index in [2.05, 4.69) is 5.32 Å². The lowest BCUT2D eigenvalue weighted by Crippen LogP contribution is -2.16. The third-order valence-corrected chi connectivity index (χ3v) is 6.44. The van der Waals surface area contributed by atoms with Gasteiger partial charge in [0.15, 0.2) is 0 Å². The van der Waals surface area contributed by atoms with Crippen LogP contribution in [-0.4, -0.2) is 131 Å². The minimum absolute atomic E-state index is 0.00580. The Hall–Kier alpha value is -3.35. The van der Waals surface area contributed by atoms with E-state index >= 15 is 0 Å². The minimum Gasteiger partial charge on any atom is -0.466 e. The van der Waals surface area contributed by atoms with Crippen LogP contribution in [0.2, 0.25) is 0 Å². The third kappa shape index (κ3) is 22.3. The van der Waals surface area contributed by atoms with Crippen LogP contribution in [-0.2, 0) is 58.3 Å². The molecule has 2 aromatic rings. The highest BCUT2D eigenvalue weighted by Crippen LogP contribution is 2.32. The Morgan fingerprint density at radius 1 is 0.569 bits per heavy atom. The van der Waals surface area contributed by atoms with E-state index < -0.39 is 17.7 Å². The lowest BCUT2D eigenvalue weighted by molar-refractivity contribution is -0.144. The maximum absolute atomic E-state index is 13.0. The summed E-state index contributed by atoms with van der Waals surface area (Å²) >= 11 is 0. The number of anilines is 2. The van der Waals surface area contributed by atoms with Gasteiger partial charge in [-0.15, -0.1) is 0 Å². The molecule has 288 valence electrons. The number of nitrogens with one attached hydrogen (secondary N) is 1. The second kappa shape index (κ2) is 28.3. The van der Waals surface area contributed by atoms with E-state index in [0.29, 0.717) is 111 Å². The first-order valence-corrected chi connectivity index (χ1v) is 16.8. The van der Waals surface area contributed by atoms with Crippen molar-refractivity contribution in [1.29, 1.82) is 0 Å². The molecule has 0 amide bonds. The summed E-state index contributed by atoms with van der Waals surface area (Å²) in [6.45, 7) is 8.35. The van der Waals surface area contributed by atoms with Crippen LogP contribution in [0.4, 0.5) is 24.5 Å². The molecule has 0 spiro atoms. The zero-order valence-corrected chi connectivity index (χ0v) is 29.1. The molecule has 0 heterocycles. The second-order valence-electron chi connectivity index (χ2n) is 10.3. The number of carbonyl (C=O) groups excluding carboxylic acids is 2. The van der Waals surface area contributed by atoms with Crippen LogP contribution < -0.4 is 5.32 Å². The summed E-state index contributed by atoms with van der Waals surface area (Å²) in [7, 11) is 0. The average molecular weight is 734 g/mol. The van der Waals surface area contributed by atoms with Crippen molar-refractivity contribution in [3.63, 3.8) is 0 Å². The zero-order valence-electron chi connectivity index (χ0n) is 29.1. The van der Waals surface area contributed by atoms with Gasteiger partial charge in [0.05, 0.1) is 136 Å². The molecular weight excluding hydrogens is 683 g/mol. The van der Waals surface area contributed by atoms with Crippen LogP contribution in [0.3, 0.4) is 0 Å². The van der Waals surface area contributed by atoms with Crippen LogP contribution in [0.5, 0.6) is 0 Å². The molecule has 1 N–H and O–H groups in total. The van der Waals surface area contributed by atoms with Crippen molar-refractivity contribution in [2.45, 2.75) is 19.5 Å². The largest absolute Gasteiger partial charge is 0.466 e. The Kier molecular flexibility index (Phi) is 24.3. The zero-order chi connectivity index (χ0) is 36.8. The summed E-state index contributed by atoms with van der Waals surface area (Å²) in [4.78, 5) is 23.7. The lowest BCUT2D eigenvalue weighted by atomic mass is 10.1. The lowest BCUT2D eigenvalue weighted by Gasteiger charge is -2.13. The maximum Gasteiger partial charge on any atom is 0.416 e. The number of rotatable bonds is 31. The first-order chi connectivity index (χ1) is 24.8. The minimum atomic E-state index is -4.48. The predicted molar refractivity (Wildman–Crippen MR) is 179 cm³/mol. The number of para-hydroxylation sites is 1. The van der Waals surface area contributed by atoms with Crippen molar-refractivity contribution in [2.24, 2.45) is 0 Å². The van der Waals surface area contributed by atoms with E-state index in [1.807, 2.05) is 0 Å². The molecule has 16 heteroatoms.